The van der Waals surface area contributed by atoms with E-state index in [2.05, 4.69) is 207 Å². The topological polar surface area (TPSA) is 4.93 Å². The number of aromatic nitrogens is 1. The van der Waals surface area contributed by atoms with Crippen molar-refractivity contribution in [1.29, 1.82) is 0 Å². The van der Waals surface area contributed by atoms with E-state index >= 15 is 0 Å². The normalized spacial score (nSPS) is 16.4. The predicted molar refractivity (Wildman–Crippen MR) is 231 cm³/mol. The molecule has 262 valence electrons. The molecule has 55 heavy (non-hydrogen) atoms. The zero-order valence-electron chi connectivity index (χ0n) is 31.4. The van der Waals surface area contributed by atoms with Crippen LogP contribution >= 0.6 is 0 Å². The maximum Gasteiger partial charge on any atom is 0.0541 e. The Morgan fingerprint density at radius 2 is 1.02 bits per heavy atom. The third kappa shape index (κ3) is 4.72. The summed E-state index contributed by atoms with van der Waals surface area (Å²) in [4.78, 5) is 0. The minimum Gasteiger partial charge on any atom is -0.309 e. The van der Waals surface area contributed by atoms with E-state index in [1.807, 2.05) is 0 Å². The lowest BCUT2D eigenvalue weighted by Crippen LogP contribution is -2.17. The Balaban J connectivity index is 1.03. The molecule has 0 amide bonds. The maximum absolute atomic E-state index is 2.46. The predicted octanol–water partition coefficient (Wildman–Crippen LogP) is 14.3. The van der Waals surface area contributed by atoms with Crippen LogP contribution in [0.5, 0.6) is 0 Å². The van der Waals surface area contributed by atoms with Crippen LogP contribution in [0.3, 0.4) is 0 Å². The summed E-state index contributed by atoms with van der Waals surface area (Å²) in [6, 6.07) is 68.1. The Morgan fingerprint density at radius 1 is 0.400 bits per heavy atom. The summed E-state index contributed by atoms with van der Waals surface area (Å²) in [7, 11) is 0. The highest BCUT2D eigenvalue weighted by Gasteiger charge is 2.36. The van der Waals surface area contributed by atoms with E-state index in [0.29, 0.717) is 5.92 Å². The monoisotopic (exact) mass is 703 g/mol. The SMILES string of the molecule is CC1c2ccc(-c3ccc4c(c3)c3ccccc3n4-c3ccc4c(c3)C(C)(C)c3ccccc3-4)cc2-c2ccccc2C1c1ccccc1-c1ccccc1. The van der Waals surface area contributed by atoms with E-state index < -0.39 is 0 Å². The largest absolute Gasteiger partial charge is 0.309 e. The van der Waals surface area contributed by atoms with Crippen molar-refractivity contribution in [3.05, 3.63) is 210 Å². The molecule has 9 aromatic rings. The van der Waals surface area contributed by atoms with Crippen molar-refractivity contribution in [2.75, 3.05) is 0 Å². The minimum absolute atomic E-state index is 0.0538. The number of nitrogens with zero attached hydrogens (tertiary/aromatic N) is 1. The molecule has 11 rings (SSSR count). The molecule has 1 aromatic heterocycles. The molecule has 0 aliphatic heterocycles. The Labute approximate surface area is 323 Å². The average Bonchev–Trinajstić information content (AvgIpc) is 3.69. The molecule has 2 atom stereocenters. The molecule has 1 nitrogen and oxygen atoms in total. The number of rotatable bonds is 4. The number of para-hydroxylation sites is 1. The van der Waals surface area contributed by atoms with E-state index in [4.69, 9.17) is 0 Å². The molecule has 1 heteroatoms. The lowest BCUT2D eigenvalue weighted by atomic mass is 9.68. The van der Waals surface area contributed by atoms with Crippen LogP contribution in [0.25, 0.3) is 72.0 Å². The standard InChI is InChI=1S/C54H41N/c1-34-39-28-25-36(31-47(39)41-18-8-10-22-46(41)53(34)45-21-9-7-17-40(45)35-15-5-4-6-16-35)37-26-30-52-48(32-37)44-20-12-14-24-51(44)55(52)38-27-29-43-42-19-11-13-23-49(42)54(2,3)50(43)33-38/h4-34,53H,1-3H3. The van der Waals surface area contributed by atoms with Crippen LogP contribution in [0, 0.1) is 0 Å². The van der Waals surface area contributed by atoms with E-state index in [0.717, 1.165) is 0 Å². The fourth-order valence-corrected chi connectivity index (χ4v) is 10.2. The first-order valence-electron chi connectivity index (χ1n) is 19.6. The molecule has 1 heterocycles. The molecule has 2 unspecified atom stereocenters. The maximum atomic E-state index is 2.46. The summed E-state index contributed by atoms with van der Waals surface area (Å²) < 4.78 is 2.46. The van der Waals surface area contributed by atoms with E-state index in [1.165, 1.54) is 99.8 Å². The Bertz CT molecular complexity index is 2980. The minimum atomic E-state index is -0.0538. The first kappa shape index (κ1) is 32.0. The van der Waals surface area contributed by atoms with Gasteiger partial charge in [-0.15, -0.1) is 0 Å². The molecular weight excluding hydrogens is 663 g/mol. The first-order chi connectivity index (χ1) is 27.0. The highest BCUT2D eigenvalue weighted by molar-refractivity contribution is 6.10. The molecular formula is C54H41N. The van der Waals surface area contributed by atoms with Gasteiger partial charge in [0.25, 0.3) is 0 Å². The van der Waals surface area contributed by atoms with Gasteiger partial charge in [-0.25, -0.2) is 0 Å². The summed E-state index contributed by atoms with van der Waals surface area (Å²) in [5, 5.41) is 2.56. The van der Waals surface area contributed by atoms with Crippen molar-refractivity contribution in [3.8, 4) is 50.2 Å². The van der Waals surface area contributed by atoms with Crippen molar-refractivity contribution >= 4 is 21.8 Å². The van der Waals surface area contributed by atoms with Crippen LogP contribution in [0.1, 0.15) is 60.4 Å². The highest BCUT2D eigenvalue weighted by atomic mass is 15.0. The number of fused-ring (bicyclic) bond motifs is 9. The van der Waals surface area contributed by atoms with Gasteiger partial charge in [0, 0.05) is 27.8 Å². The summed E-state index contributed by atoms with van der Waals surface area (Å²) in [5.41, 5.74) is 21.1. The van der Waals surface area contributed by atoms with Gasteiger partial charge >= 0.3 is 0 Å². The van der Waals surface area contributed by atoms with Gasteiger partial charge < -0.3 is 4.57 Å². The van der Waals surface area contributed by atoms with Crippen LogP contribution in [0.2, 0.25) is 0 Å². The molecule has 2 aliphatic carbocycles. The third-order valence-electron chi connectivity index (χ3n) is 12.8. The fraction of sp³-hybridized carbons (Fsp3) is 0.111. The number of hydrogen-bond acceptors (Lipinski definition) is 0. The van der Waals surface area contributed by atoms with Gasteiger partial charge in [0.05, 0.1) is 11.0 Å². The molecule has 0 radical (unpaired) electrons. The molecule has 0 saturated heterocycles. The molecule has 0 fully saturated rings. The van der Waals surface area contributed by atoms with Gasteiger partial charge in [0.2, 0.25) is 0 Å². The van der Waals surface area contributed by atoms with Gasteiger partial charge in [-0.3, -0.25) is 0 Å². The Hall–Kier alpha value is -6.44. The van der Waals surface area contributed by atoms with Crippen LogP contribution in [0.15, 0.2) is 182 Å². The summed E-state index contributed by atoms with van der Waals surface area (Å²) in [6.45, 7) is 7.14. The molecule has 2 aliphatic rings. The quantitative estimate of drug-likeness (QED) is 0.172. The van der Waals surface area contributed by atoms with Crippen molar-refractivity contribution in [1.82, 2.24) is 4.57 Å². The Kier molecular flexibility index (Phi) is 7.01. The Morgan fingerprint density at radius 3 is 1.85 bits per heavy atom. The fourth-order valence-electron chi connectivity index (χ4n) is 10.2. The first-order valence-corrected chi connectivity index (χ1v) is 19.6. The third-order valence-corrected chi connectivity index (χ3v) is 12.8. The van der Waals surface area contributed by atoms with Crippen molar-refractivity contribution in [3.63, 3.8) is 0 Å². The van der Waals surface area contributed by atoms with Gasteiger partial charge in [0.1, 0.15) is 0 Å². The second-order valence-electron chi connectivity index (χ2n) is 16.1. The van der Waals surface area contributed by atoms with Crippen LogP contribution < -0.4 is 0 Å². The van der Waals surface area contributed by atoms with E-state index in [-0.39, 0.29) is 11.3 Å². The van der Waals surface area contributed by atoms with E-state index in [9.17, 15) is 0 Å². The zero-order valence-corrected chi connectivity index (χ0v) is 31.4. The summed E-state index contributed by atoms with van der Waals surface area (Å²) in [5.74, 6) is 0.571. The van der Waals surface area contributed by atoms with Crippen molar-refractivity contribution in [2.45, 2.75) is 38.0 Å². The van der Waals surface area contributed by atoms with Gasteiger partial charge in [0.15, 0.2) is 0 Å². The molecule has 0 N–H and O–H groups in total. The summed E-state index contributed by atoms with van der Waals surface area (Å²) >= 11 is 0. The highest BCUT2D eigenvalue weighted by Crippen LogP contribution is 2.53. The van der Waals surface area contributed by atoms with Crippen LogP contribution in [-0.2, 0) is 5.41 Å². The molecule has 0 saturated carbocycles. The lowest BCUT2D eigenvalue weighted by molar-refractivity contribution is 0.651. The van der Waals surface area contributed by atoms with Crippen LogP contribution in [0.4, 0.5) is 0 Å². The van der Waals surface area contributed by atoms with Gasteiger partial charge in [-0.1, -0.05) is 166 Å². The number of hydrogen-bond donors (Lipinski definition) is 0. The number of benzene rings is 8. The molecule has 0 bridgehead atoms. The average molecular weight is 704 g/mol. The molecule has 8 aromatic carbocycles. The second-order valence-corrected chi connectivity index (χ2v) is 16.1. The van der Waals surface area contributed by atoms with Crippen molar-refractivity contribution in [2.24, 2.45) is 0 Å². The van der Waals surface area contributed by atoms with Gasteiger partial charge in [-0.2, -0.15) is 0 Å². The zero-order chi connectivity index (χ0) is 36.8. The molecule has 0 spiro atoms. The summed E-state index contributed by atoms with van der Waals surface area (Å²) in [6.07, 6.45) is 0. The second kappa shape index (κ2) is 12.0. The van der Waals surface area contributed by atoms with Crippen LogP contribution in [-0.4, -0.2) is 4.57 Å². The lowest BCUT2D eigenvalue weighted by Gasteiger charge is -2.35. The van der Waals surface area contributed by atoms with Crippen molar-refractivity contribution < 1.29 is 0 Å². The van der Waals surface area contributed by atoms with E-state index in [1.54, 1.807) is 0 Å². The smallest absolute Gasteiger partial charge is 0.0541 e. The van der Waals surface area contributed by atoms with Gasteiger partial charge in [-0.05, 0) is 115 Å².